The number of anilines is 1. The minimum atomic E-state index is 0.744. The molecule has 2 heterocycles. The lowest BCUT2D eigenvalue weighted by Crippen LogP contribution is -2.02. The number of rotatable bonds is 2. The first-order chi connectivity index (χ1) is 8.74. The average molecular weight is 238 g/mol. The summed E-state index contributed by atoms with van der Waals surface area (Å²) in [7, 11) is 0. The van der Waals surface area contributed by atoms with Crippen molar-refractivity contribution in [3.8, 4) is 0 Å². The summed E-state index contributed by atoms with van der Waals surface area (Å²) in [5.74, 6) is 0.986. The molecule has 3 aromatic rings. The summed E-state index contributed by atoms with van der Waals surface area (Å²) >= 11 is 0. The number of hydrogen-bond donors (Lipinski definition) is 1. The van der Waals surface area contributed by atoms with Gasteiger partial charge in [0.1, 0.15) is 5.82 Å². The van der Waals surface area contributed by atoms with Crippen LogP contribution in [0, 0.1) is 6.92 Å². The second kappa shape index (κ2) is 4.14. The molecular weight excluding hydrogens is 224 g/mol. The number of pyridine rings is 1. The number of aromatic nitrogens is 3. The Kier molecular flexibility index (Phi) is 2.48. The SMILES string of the molecule is Cc1nc2cc(N)ccc2n1Cc1cccnc1. The number of hydrogen-bond acceptors (Lipinski definition) is 3. The molecule has 90 valence electrons. The fourth-order valence-electron chi connectivity index (χ4n) is 2.14. The summed E-state index contributed by atoms with van der Waals surface area (Å²) in [5, 5.41) is 0. The molecule has 1 aromatic carbocycles. The van der Waals surface area contributed by atoms with Crippen molar-refractivity contribution in [3.05, 3.63) is 54.1 Å². The van der Waals surface area contributed by atoms with Crippen LogP contribution in [-0.4, -0.2) is 14.5 Å². The van der Waals surface area contributed by atoms with Crippen molar-refractivity contribution in [1.82, 2.24) is 14.5 Å². The highest BCUT2D eigenvalue weighted by molar-refractivity contribution is 5.79. The third kappa shape index (κ3) is 1.82. The predicted molar refractivity (Wildman–Crippen MR) is 72.2 cm³/mol. The van der Waals surface area contributed by atoms with Crippen molar-refractivity contribution in [2.45, 2.75) is 13.5 Å². The zero-order valence-corrected chi connectivity index (χ0v) is 10.2. The van der Waals surface area contributed by atoms with E-state index < -0.39 is 0 Å². The minimum Gasteiger partial charge on any atom is -0.399 e. The van der Waals surface area contributed by atoms with E-state index >= 15 is 0 Å². The molecule has 0 bridgehead atoms. The van der Waals surface area contributed by atoms with Gasteiger partial charge in [0, 0.05) is 18.1 Å². The molecule has 3 rings (SSSR count). The van der Waals surface area contributed by atoms with Gasteiger partial charge in [0.15, 0.2) is 0 Å². The Morgan fingerprint density at radius 1 is 1.28 bits per heavy atom. The van der Waals surface area contributed by atoms with Gasteiger partial charge in [-0.2, -0.15) is 0 Å². The predicted octanol–water partition coefficient (Wildman–Crippen LogP) is 2.37. The van der Waals surface area contributed by atoms with Crippen molar-refractivity contribution in [2.24, 2.45) is 0 Å². The van der Waals surface area contributed by atoms with Gasteiger partial charge in [0.05, 0.1) is 17.6 Å². The van der Waals surface area contributed by atoms with Crippen LogP contribution in [0.3, 0.4) is 0 Å². The molecule has 0 unspecified atom stereocenters. The number of nitrogens with two attached hydrogens (primary N) is 1. The Morgan fingerprint density at radius 2 is 2.17 bits per heavy atom. The zero-order valence-electron chi connectivity index (χ0n) is 10.2. The van der Waals surface area contributed by atoms with Crippen molar-refractivity contribution in [1.29, 1.82) is 0 Å². The summed E-state index contributed by atoms with van der Waals surface area (Å²) in [5.41, 5.74) is 9.73. The van der Waals surface area contributed by atoms with E-state index in [1.807, 2.05) is 37.4 Å². The highest BCUT2D eigenvalue weighted by Gasteiger charge is 2.07. The summed E-state index contributed by atoms with van der Waals surface area (Å²) in [4.78, 5) is 8.67. The molecule has 0 aliphatic heterocycles. The van der Waals surface area contributed by atoms with Crippen LogP contribution in [-0.2, 0) is 6.54 Å². The fraction of sp³-hybridized carbons (Fsp3) is 0.143. The van der Waals surface area contributed by atoms with Gasteiger partial charge in [-0.1, -0.05) is 6.07 Å². The van der Waals surface area contributed by atoms with E-state index in [0.29, 0.717) is 0 Å². The van der Waals surface area contributed by atoms with Gasteiger partial charge in [-0.3, -0.25) is 4.98 Å². The average Bonchev–Trinajstić information content (AvgIpc) is 2.66. The zero-order chi connectivity index (χ0) is 12.5. The van der Waals surface area contributed by atoms with E-state index in [9.17, 15) is 0 Å². The largest absolute Gasteiger partial charge is 0.399 e. The summed E-state index contributed by atoms with van der Waals surface area (Å²) in [6, 6.07) is 9.84. The van der Waals surface area contributed by atoms with E-state index in [2.05, 4.69) is 20.6 Å². The summed E-state index contributed by atoms with van der Waals surface area (Å²) in [6.45, 7) is 2.78. The highest BCUT2D eigenvalue weighted by atomic mass is 15.1. The normalized spacial score (nSPS) is 10.9. The van der Waals surface area contributed by atoms with Crippen LogP contribution in [0.15, 0.2) is 42.7 Å². The molecule has 0 aliphatic carbocycles. The molecule has 0 spiro atoms. The summed E-state index contributed by atoms with van der Waals surface area (Å²) in [6.07, 6.45) is 3.66. The number of fused-ring (bicyclic) bond motifs is 1. The van der Waals surface area contributed by atoms with Crippen LogP contribution in [0.25, 0.3) is 11.0 Å². The van der Waals surface area contributed by atoms with Crippen LogP contribution in [0.1, 0.15) is 11.4 Å². The molecule has 0 saturated heterocycles. The Labute approximate surface area is 105 Å². The van der Waals surface area contributed by atoms with Crippen molar-refractivity contribution < 1.29 is 0 Å². The Morgan fingerprint density at radius 3 is 2.94 bits per heavy atom. The van der Waals surface area contributed by atoms with Crippen molar-refractivity contribution in [3.63, 3.8) is 0 Å². The number of imidazole rings is 1. The second-order valence-corrected chi connectivity index (χ2v) is 4.35. The highest BCUT2D eigenvalue weighted by Crippen LogP contribution is 2.19. The van der Waals surface area contributed by atoms with Gasteiger partial charge < -0.3 is 10.3 Å². The lowest BCUT2D eigenvalue weighted by molar-refractivity contribution is 0.782. The molecule has 4 heteroatoms. The Balaban J connectivity index is 2.09. The lowest BCUT2D eigenvalue weighted by atomic mass is 10.2. The topological polar surface area (TPSA) is 56.7 Å². The monoisotopic (exact) mass is 238 g/mol. The second-order valence-electron chi connectivity index (χ2n) is 4.35. The van der Waals surface area contributed by atoms with E-state index in [4.69, 9.17) is 5.73 Å². The van der Waals surface area contributed by atoms with Gasteiger partial charge in [-0.15, -0.1) is 0 Å². The maximum atomic E-state index is 5.78. The molecule has 0 amide bonds. The quantitative estimate of drug-likeness (QED) is 0.697. The minimum absolute atomic E-state index is 0.744. The molecule has 2 aromatic heterocycles. The van der Waals surface area contributed by atoms with Gasteiger partial charge in [0.25, 0.3) is 0 Å². The number of nitrogens with zero attached hydrogens (tertiary/aromatic N) is 3. The molecule has 18 heavy (non-hydrogen) atoms. The molecule has 0 saturated carbocycles. The standard InChI is InChI=1S/C14H14N4/c1-10-17-13-7-12(15)4-5-14(13)18(10)9-11-3-2-6-16-8-11/h2-8H,9,15H2,1H3. The fourth-order valence-corrected chi connectivity index (χ4v) is 2.14. The molecule has 0 aliphatic rings. The van der Waals surface area contributed by atoms with Crippen LogP contribution in [0.4, 0.5) is 5.69 Å². The number of benzene rings is 1. The van der Waals surface area contributed by atoms with Gasteiger partial charge in [0.2, 0.25) is 0 Å². The molecule has 0 atom stereocenters. The number of nitrogen functional groups attached to an aromatic ring is 1. The molecular formula is C14H14N4. The van der Waals surface area contributed by atoms with Crippen molar-refractivity contribution in [2.75, 3.05) is 5.73 Å². The van der Waals surface area contributed by atoms with Gasteiger partial charge in [-0.05, 0) is 36.8 Å². The van der Waals surface area contributed by atoms with Crippen LogP contribution in [0.5, 0.6) is 0 Å². The third-order valence-electron chi connectivity index (χ3n) is 3.03. The maximum Gasteiger partial charge on any atom is 0.107 e. The van der Waals surface area contributed by atoms with Crippen LogP contribution < -0.4 is 5.73 Å². The Bertz CT molecular complexity index is 686. The van der Waals surface area contributed by atoms with Gasteiger partial charge in [-0.25, -0.2) is 4.98 Å². The Hall–Kier alpha value is -2.36. The molecule has 4 nitrogen and oxygen atoms in total. The van der Waals surface area contributed by atoms with E-state index in [1.165, 1.54) is 0 Å². The van der Waals surface area contributed by atoms with Crippen LogP contribution >= 0.6 is 0 Å². The smallest absolute Gasteiger partial charge is 0.107 e. The molecule has 0 fully saturated rings. The van der Waals surface area contributed by atoms with E-state index in [0.717, 1.165) is 34.7 Å². The van der Waals surface area contributed by atoms with Crippen molar-refractivity contribution >= 4 is 16.7 Å². The number of aryl methyl sites for hydroxylation is 1. The molecule has 0 radical (unpaired) electrons. The van der Waals surface area contributed by atoms with E-state index in [-0.39, 0.29) is 0 Å². The lowest BCUT2D eigenvalue weighted by Gasteiger charge is -2.06. The molecule has 2 N–H and O–H groups in total. The first kappa shape index (κ1) is 10.8. The maximum absolute atomic E-state index is 5.78. The first-order valence-corrected chi connectivity index (χ1v) is 5.85. The van der Waals surface area contributed by atoms with Gasteiger partial charge >= 0.3 is 0 Å². The third-order valence-corrected chi connectivity index (χ3v) is 3.03. The van der Waals surface area contributed by atoms with Crippen LogP contribution in [0.2, 0.25) is 0 Å². The van der Waals surface area contributed by atoms with E-state index in [1.54, 1.807) is 6.20 Å². The first-order valence-electron chi connectivity index (χ1n) is 5.85. The summed E-state index contributed by atoms with van der Waals surface area (Å²) < 4.78 is 2.17.